The average molecular weight is 259 g/mol. The van der Waals surface area contributed by atoms with Gasteiger partial charge in [0.2, 0.25) is 0 Å². The summed E-state index contributed by atoms with van der Waals surface area (Å²) in [6, 6.07) is 11.9. The minimum Gasteiger partial charge on any atom is -0.282 e. The van der Waals surface area contributed by atoms with E-state index < -0.39 is 10.1 Å². The fraction of sp³-hybridized carbons (Fsp3) is 0. The first kappa shape index (κ1) is 11.1. The Morgan fingerprint density at radius 1 is 1.00 bits per heavy atom. The van der Waals surface area contributed by atoms with Crippen LogP contribution in [0, 0.1) is 0 Å². The summed E-state index contributed by atoms with van der Waals surface area (Å²) in [4.78, 5) is 4.09. The SMILES string of the molecule is O=S(=O)(O)c1cccc2ccc3ncccc3c12. The van der Waals surface area contributed by atoms with E-state index in [9.17, 15) is 13.0 Å². The van der Waals surface area contributed by atoms with Gasteiger partial charge in [-0.2, -0.15) is 8.42 Å². The lowest BCUT2D eigenvalue weighted by molar-refractivity contribution is 0.484. The smallest absolute Gasteiger partial charge is 0.282 e. The third-order valence-electron chi connectivity index (χ3n) is 2.86. The van der Waals surface area contributed by atoms with Gasteiger partial charge in [-0.1, -0.05) is 24.3 Å². The summed E-state index contributed by atoms with van der Waals surface area (Å²) in [7, 11) is -4.25. The minimum atomic E-state index is -4.25. The molecule has 2 aromatic carbocycles. The van der Waals surface area contributed by atoms with Crippen molar-refractivity contribution < 1.29 is 13.0 Å². The molecule has 0 aliphatic heterocycles. The van der Waals surface area contributed by atoms with E-state index in [2.05, 4.69) is 4.98 Å². The van der Waals surface area contributed by atoms with Gasteiger partial charge < -0.3 is 0 Å². The molecule has 3 rings (SSSR count). The van der Waals surface area contributed by atoms with Crippen molar-refractivity contribution in [1.29, 1.82) is 0 Å². The Morgan fingerprint density at radius 2 is 1.83 bits per heavy atom. The Kier molecular flexibility index (Phi) is 2.33. The maximum Gasteiger partial charge on any atom is 0.295 e. The van der Waals surface area contributed by atoms with Crippen LogP contribution in [0.5, 0.6) is 0 Å². The lowest BCUT2D eigenvalue weighted by Gasteiger charge is -2.06. The van der Waals surface area contributed by atoms with E-state index in [1.54, 1.807) is 36.5 Å². The molecule has 18 heavy (non-hydrogen) atoms. The van der Waals surface area contributed by atoms with Gasteiger partial charge in [0.25, 0.3) is 10.1 Å². The Balaban J connectivity index is 2.63. The summed E-state index contributed by atoms with van der Waals surface area (Å²) >= 11 is 0. The third-order valence-corrected chi connectivity index (χ3v) is 3.76. The number of rotatable bonds is 1. The van der Waals surface area contributed by atoms with Gasteiger partial charge in [-0.15, -0.1) is 0 Å². The number of nitrogens with zero attached hydrogens (tertiary/aromatic N) is 1. The lowest BCUT2D eigenvalue weighted by Crippen LogP contribution is -1.99. The van der Waals surface area contributed by atoms with E-state index in [1.165, 1.54) is 6.07 Å². The Morgan fingerprint density at radius 3 is 2.61 bits per heavy atom. The summed E-state index contributed by atoms with van der Waals surface area (Å²) in [6.07, 6.45) is 1.64. The van der Waals surface area contributed by atoms with Crippen molar-refractivity contribution in [2.45, 2.75) is 4.90 Å². The van der Waals surface area contributed by atoms with E-state index in [0.717, 1.165) is 5.39 Å². The number of fused-ring (bicyclic) bond motifs is 3. The highest BCUT2D eigenvalue weighted by atomic mass is 32.2. The molecule has 0 aliphatic rings. The number of hydrogen-bond donors (Lipinski definition) is 1. The highest BCUT2D eigenvalue weighted by Gasteiger charge is 2.15. The van der Waals surface area contributed by atoms with Gasteiger partial charge >= 0.3 is 0 Å². The molecule has 0 bridgehead atoms. The fourth-order valence-corrected chi connectivity index (χ4v) is 2.86. The summed E-state index contributed by atoms with van der Waals surface area (Å²) in [5.41, 5.74) is 0.695. The summed E-state index contributed by atoms with van der Waals surface area (Å²) < 4.78 is 32.1. The number of benzene rings is 2. The summed E-state index contributed by atoms with van der Waals surface area (Å²) in [5, 5.41) is 1.97. The van der Waals surface area contributed by atoms with E-state index >= 15 is 0 Å². The van der Waals surface area contributed by atoms with Crippen molar-refractivity contribution in [2.75, 3.05) is 0 Å². The van der Waals surface area contributed by atoms with Crippen molar-refractivity contribution in [3.05, 3.63) is 48.7 Å². The minimum absolute atomic E-state index is 0.0846. The van der Waals surface area contributed by atoms with Gasteiger partial charge in [0.1, 0.15) is 4.90 Å². The van der Waals surface area contributed by atoms with Gasteiger partial charge in [0, 0.05) is 17.0 Å². The molecule has 0 unspecified atom stereocenters. The predicted octanol–water partition coefficient (Wildman–Crippen LogP) is 2.63. The number of aromatic nitrogens is 1. The quantitative estimate of drug-likeness (QED) is 0.539. The zero-order chi connectivity index (χ0) is 12.8. The van der Waals surface area contributed by atoms with Crippen molar-refractivity contribution in [3.8, 4) is 0 Å². The average Bonchev–Trinajstić information content (AvgIpc) is 2.36. The van der Waals surface area contributed by atoms with Gasteiger partial charge in [0.05, 0.1) is 5.52 Å². The Bertz CT molecular complexity index is 856. The monoisotopic (exact) mass is 259 g/mol. The molecule has 0 saturated carbocycles. The van der Waals surface area contributed by atoms with Crippen LogP contribution >= 0.6 is 0 Å². The molecule has 1 aromatic heterocycles. The highest BCUT2D eigenvalue weighted by molar-refractivity contribution is 7.86. The molecule has 0 saturated heterocycles. The molecule has 5 heteroatoms. The molecule has 0 amide bonds. The third kappa shape index (κ3) is 1.64. The van der Waals surface area contributed by atoms with E-state index in [-0.39, 0.29) is 4.90 Å². The van der Waals surface area contributed by atoms with Crippen LogP contribution in [0.2, 0.25) is 0 Å². The molecule has 0 atom stereocenters. The molecule has 0 radical (unpaired) electrons. The van der Waals surface area contributed by atoms with Gasteiger partial charge in [-0.25, -0.2) is 0 Å². The zero-order valence-electron chi connectivity index (χ0n) is 9.24. The van der Waals surface area contributed by atoms with Crippen LogP contribution in [-0.4, -0.2) is 18.0 Å². The van der Waals surface area contributed by atoms with Crippen LogP contribution in [0.4, 0.5) is 0 Å². The maximum atomic E-state index is 11.4. The topological polar surface area (TPSA) is 67.3 Å². The molecule has 1 heterocycles. The van der Waals surface area contributed by atoms with Gasteiger partial charge in [0.15, 0.2) is 0 Å². The first-order valence-corrected chi connectivity index (χ1v) is 6.75. The molecular weight excluding hydrogens is 250 g/mol. The fourth-order valence-electron chi connectivity index (χ4n) is 2.12. The zero-order valence-corrected chi connectivity index (χ0v) is 10.1. The van der Waals surface area contributed by atoms with Crippen molar-refractivity contribution in [1.82, 2.24) is 4.98 Å². The molecule has 4 nitrogen and oxygen atoms in total. The van der Waals surface area contributed by atoms with Gasteiger partial charge in [-0.3, -0.25) is 9.54 Å². The van der Waals surface area contributed by atoms with Crippen molar-refractivity contribution in [3.63, 3.8) is 0 Å². The highest BCUT2D eigenvalue weighted by Crippen LogP contribution is 2.29. The van der Waals surface area contributed by atoms with Crippen molar-refractivity contribution in [2.24, 2.45) is 0 Å². The molecule has 90 valence electrons. The Hall–Kier alpha value is -1.98. The van der Waals surface area contributed by atoms with Crippen LogP contribution in [0.25, 0.3) is 21.7 Å². The second-order valence-electron chi connectivity index (χ2n) is 3.96. The van der Waals surface area contributed by atoms with Crippen LogP contribution in [0.3, 0.4) is 0 Å². The molecule has 3 aromatic rings. The first-order valence-electron chi connectivity index (χ1n) is 5.31. The van der Waals surface area contributed by atoms with E-state index in [1.807, 2.05) is 6.07 Å². The van der Waals surface area contributed by atoms with E-state index in [0.29, 0.717) is 16.3 Å². The maximum absolute atomic E-state index is 11.4. The van der Waals surface area contributed by atoms with Gasteiger partial charge in [-0.05, 0) is 23.6 Å². The van der Waals surface area contributed by atoms with E-state index in [4.69, 9.17) is 0 Å². The molecule has 0 aliphatic carbocycles. The lowest BCUT2D eigenvalue weighted by atomic mass is 10.1. The normalized spacial score (nSPS) is 12.1. The Labute approximate surface area is 104 Å². The van der Waals surface area contributed by atoms with Crippen LogP contribution in [0.1, 0.15) is 0 Å². The second-order valence-corrected chi connectivity index (χ2v) is 5.35. The molecule has 0 spiro atoms. The van der Waals surface area contributed by atoms with Crippen LogP contribution in [0.15, 0.2) is 53.6 Å². The summed E-state index contributed by atoms with van der Waals surface area (Å²) in [5.74, 6) is 0. The first-order chi connectivity index (χ1) is 8.57. The van der Waals surface area contributed by atoms with Crippen LogP contribution < -0.4 is 0 Å². The van der Waals surface area contributed by atoms with Crippen LogP contribution in [-0.2, 0) is 10.1 Å². The largest absolute Gasteiger partial charge is 0.295 e. The number of hydrogen-bond acceptors (Lipinski definition) is 3. The number of pyridine rings is 1. The van der Waals surface area contributed by atoms with Crippen molar-refractivity contribution >= 4 is 31.8 Å². The molecule has 1 N–H and O–H groups in total. The second kappa shape index (κ2) is 3.76. The standard InChI is InChI=1S/C13H9NO3S/c15-18(16,17)12-5-1-3-9-6-7-11-10(13(9)12)4-2-8-14-11/h1-8H,(H,15,16,17). The summed E-state index contributed by atoms with van der Waals surface area (Å²) in [6.45, 7) is 0. The molecule has 0 fully saturated rings. The molecular formula is C13H9NO3S. The predicted molar refractivity (Wildman–Crippen MR) is 69.1 cm³/mol.